The molecule has 2 nitrogen and oxygen atoms in total. The molecule has 1 aliphatic rings. The van der Waals surface area contributed by atoms with Crippen LogP contribution < -0.4 is 57.1 Å². The van der Waals surface area contributed by atoms with E-state index >= 15 is 0 Å². The molecule has 1 rings (SSSR count). The van der Waals surface area contributed by atoms with E-state index < -0.39 is 0 Å². The van der Waals surface area contributed by atoms with Gasteiger partial charge in [-0.1, -0.05) is 0 Å². The Kier molecular flexibility index (Phi) is 7.83. The van der Waals surface area contributed by atoms with Crippen LogP contribution >= 0.6 is 0 Å². The van der Waals surface area contributed by atoms with Gasteiger partial charge in [0.25, 0.3) is 0 Å². The Morgan fingerprint density at radius 3 is 2.17 bits per heavy atom. The van der Waals surface area contributed by atoms with Crippen molar-refractivity contribution in [1.82, 2.24) is 4.90 Å². The van der Waals surface area contributed by atoms with Crippen molar-refractivity contribution in [3.63, 3.8) is 0 Å². The number of rotatable bonds is 2. The van der Waals surface area contributed by atoms with Gasteiger partial charge in [-0.05, 0) is 51.2 Å². The quantitative estimate of drug-likeness (QED) is 0.416. The van der Waals surface area contributed by atoms with Crippen molar-refractivity contribution in [3.8, 4) is 0 Å². The van der Waals surface area contributed by atoms with E-state index in [1.807, 2.05) is 0 Å². The number of hydrogen-bond acceptors (Lipinski definition) is 2. The van der Waals surface area contributed by atoms with E-state index in [9.17, 15) is 0 Å². The van der Waals surface area contributed by atoms with Gasteiger partial charge in [0.15, 0.2) is 0 Å². The zero-order chi connectivity index (χ0) is 8.27. The third-order valence-corrected chi connectivity index (χ3v) is 2.77. The van der Waals surface area contributed by atoms with Gasteiger partial charge in [-0.25, -0.2) is 0 Å². The molecule has 3 heteroatoms. The SMILES string of the molecule is [CH2-]N(C)C1CCC(CN)CC1.[K+]. The van der Waals surface area contributed by atoms with Crippen molar-refractivity contribution in [2.45, 2.75) is 31.7 Å². The summed E-state index contributed by atoms with van der Waals surface area (Å²) >= 11 is 0. The Labute approximate surface area is 119 Å². The largest absolute Gasteiger partial charge is 1.00 e. The Bertz CT molecular complexity index is 109. The Hall–Kier alpha value is 1.56. The second kappa shape index (κ2) is 6.93. The third-order valence-electron chi connectivity index (χ3n) is 2.77. The average Bonchev–Trinajstić information content (AvgIpc) is 2.05. The van der Waals surface area contributed by atoms with Gasteiger partial charge in [0.2, 0.25) is 0 Å². The van der Waals surface area contributed by atoms with Crippen LogP contribution in [0.2, 0.25) is 0 Å². The molecule has 1 aliphatic carbocycles. The van der Waals surface area contributed by atoms with Crippen molar-refractivity contribution in [2.75, 3.05) is 13.6 Å². The first-order valence-electron chi connectivity index (χ1n) is 4.47. The molecule has 0 aromatic rings. The van der Waals surface area contributed by atoms with Crippen molar-refractivity contribution < 1.29 is 51.4 Å². The molecule has 0 aromatic carbocycles. The number of nitrogens with two attached hydrogens (primary N) is 1. The smallest absolute Gasteiger partial charge is 0.459 e. The minimum Gasteiger partial charge on any atom is -0.459 e. The fraction of sp³-hybridized carbons (Fsp3) is 0.889. The molecule has 0 bridgehead atoms. The zero-order valence-electron chi connectivity index (χ0n) is 8.42. The second-order valence-corrected chi connectivity index (χ2v) is 3.67. The van der Waals surface area contributed by atoms with Gasteiger partial charge in [-0.3, -0.25) is 7.05 Å². The van der Waals surface area contributed by atoms with Gasteiger partial charge in [-0.15, -0.1) is 0 Å². The van der Waals surface area contributed by atoms with Crippen LogP contribution in [0, 0.1) is 13.0 Å². The summed E-state index contributed by atoms with van der Waals surface area (Å²) in [5.74, 6) is 0.784. The molecule has 12 heavy (non-hydrogen) atoms. The summed E-state index contributed by atoms with van der Waals surface area (Å²) in [4.78, 5) is 2.09. The van der Waals surface area contributed by atoms with Crippen LogP contribution in [-0.2, 0) is 0 Å². The summed E-state index contributed by atoms with van der Waals surface area (Å²) in [6.45, 7) is 0.869. The molecule has 0 atom stereocenters. The van der Waals surface area contributed by atoms with Crippen LogP contribution in [0.1, 0.15) is 25.7 Å². The van der Waals surface area contributed by atoms with Crippen molar-refractivity contribution in [2.24, 2.45) is 11.7 Å². The summed E-state index contributed by atoms with van der Waals surface area (Å²) in [6.07, 6.45) is 5.14. The topological polar surface area (TPSA) is 29.3 Å². The average molecular weight is 194 g/mol. The molecule has 0 unspecified atom stereocenters. The van der Waals surface area contributed by atoms with Crippen molar-refractivity contribution in [3.05, 3.63) is 7.05 Å². The third kappa shape index (κ3) is 4.18. The maximum Gasteiger partial charge on any atom is 1.00 e. The van der Waals surface area contributed by atoms with E-state index in [1.54, 1.807) is 0 Å². The molecule has 1 saturated carbocycles. The molecular formula is C9H19KN2. The zero-order valence-corrected chi connectivity index (χ0v) is 11.5. The predicted octanol–water partition coefficient (Wildman–Crippen LogP) is -1.77. The molecule has 1 fully saturated rings. The van der Waals surface area contributed by atoms with E-state index in [2.05, 4.69) is 19.0 Å². The van der Waals surface area contributed by atoms with E-state index in [0.717, 1.165) is 12.5 Å². The Morgan fingerprint density at radius 1 is 1.33 bits per heavy atom. The molecule has 0 heterocycles. The van der Waals surface area contributed by atoms with E-state index in [0.29, 0.717) is 6.04 Å². The van der Waals surface area contributed by atoms with Crippen LogP contribution in [0.4, 0.5) is 0 Å². The molecule has 0 radical (unpaired) electrons. The van der Waals surface area contributed by atoms with Crippen LogP contribution in [0.15, 0.2) is 0 Å². The van der Waals surface area contributed by atoms with Crippen LogP contribution in [-0.4, -0.2) is 24.5 Å². The second-order valence-electron chi connectivity index (χ2n) is 3.67. The van der Waals surface area contributed by atoms with Crippen LogP contribution in [0.25, 0.3) is 0 Å². The summed E-state index contributed by atoms with van der Waals surface area (Å²) in [7, 11) is 5.98. The molecule has 2 N–H and O–H groups in total. The molecule has 0 aliphatic heterocycles. The first-order valence-corrected chi connectivity index (χ1v) is 4.47. The maximum atomic E-state index is 5.60. The first-order chi connectivity index (χ1) is 5.24. The van der Waals surface area contributed by atoms with Gasteiger partial charge >= 0.3 is 51.4 Å². The monoisotopic (exact) mass is 194 g/mol. The summed E-state index contributed by atoms with van der Waals surface area (Å²) < 4.78 is 0. The van der Waals surface area contributed by atoms with E-state index in [4.69, 9.17) is 5.73 Å². The summed E-state index contributed by atoms with van der Waals surface area (Å²) in [5.41, 5.74) is 5.60. The van der Waals surface area contributed by atoms with Crippen LogP contribution in [0.5, 0.6) is 0 Å². The number of hydrogen-bond donors (Lipinski definition) is 1. The van der Waals surface area contributed by atoms with Gasteiger partial charge in [0.05, 0.1) is 0 Å². The molecule has 66 valence electrons. The standard InChI is InChI=1S/C9H19N2.K/c1-11(2)9-5-3-8(7-10)4-6-9;/h8-9H,1,3-7,10H2,2H3;/q-1;+1. The van der Waals surface area contributed by atoms with Gasteiger partial charge in [0, 0.05) is 0 Å². The molecule has 0 amide bonds. The number of nitrogens with zero attached hydrogens (tertiary/aromatic N) is 1. The van der Waals surface area contributed by atoms with Crippen molar-refractivity contribution >= 4 is 0 Å². The normalized spacial score (nSPS) is 30.0. The summed E-state index contributed by atoms with van der Waals surface area (Å²) in [6, 6.07) is 0.706. The summed E-state index contributed by atoms with van der Waals surface area (Å²) in [5, 5.41) is 0. The van der Waals surface area contributed by atoms with E-state index in [-0.39, 0.29) is 51.4 Å². The Morgan fingerprint density at radius 2 is 1.83 bits per heavy atom. The first kappa shape index (κ1) is 13.6. The fourth-order valence-corrected chi connectivity index (χ4v) is 1.82. The maximum absolute atomic E-state index is 5.60. The molecule has 0 aromatic heterocycles. The fourth-order valence-electron chi connectivity index (χ4n) is 1.82. The molecule has 0 saturated heterocycles. The predicted molar refractivity (Wildman–Crippen MR) is 47.9 cm³/mol. The van der Waals surface area contributed by atoms with E-state index in [1.165, 1.54) is 25.7 Å². The molecular weight excluding hydrogens is 175 g/mol. The van der Waals surface area contributed by atoms with Crippen molar-refractivity contribution in [1.29, 1.82) is 0 Å². The molecule has 0 spiro atoms. The minimum absolute atomic E-state index is 0. The van der Waals surface area contributed by atoms with Gasteiger partial charge in [0.1, 0.15) is 0 Å². The van der Waals surface area contributed by atoms with Crippen LogP contribution in [0.3, 0.4) is 0 Å². The minimum atomic E-state index is 0. The van der Waals surface area contributed by atoms with Gasteiger partial charge in [-0.2, -0.15) is 0 Å². The Balaban J connectivity index is 0.00000121. The van der Waals surface area contributed by atoms with Gasteiger partial charge < -0.3 is 10.6 Å².